The average molecular weight is 169 g/mol. The van der Waals surface area contributed by atoms with E-state index in [4.69, 9.17) is 9.63 Å². The Morgan fingerprint density at radius 1 is 1.67 bits per heavy atom. The van der Waals surface area contributed by atoms with Gasteiger partial charge in [0.25, 0.3) is 0 Å². The summed E-state index contributed by atoms with van der Waals surface area (Å²) < 4.78 is 4.87. The Kier molecular flexibility index (Phi) is 2.47. The molecular weight excluding hydrogens is 158 g/mol. The van der Waals surface area contributed by atoms with Crippen LogP contribution in [-0.2, 0) is 17.6 Å². The second kappa shape index (κ2) is 3.38. The largest absolute Gasteiger partial charge is 0.481 e. The van der Waals surface area contributed by atoms with E-state index in [1.807, 2.05) is 6.92 Å². The van der Waals surface area contributed by atoms with Crippen molar-refractivity contribution in [2.45, 2.75) is 26.7 Å². The van der Waals surface area contributed by atoms with Gasteiger partial charge in [0.2, 0.25) is 0 Å². The van der Waals surface area contributed by atoms with E-state index in [9.17, 15) is 4.79 Å². The Labute approximate surface area is 70.2 Å². The fourth-order valence-corrected chi connectivity index (χ4v) is 1.09. The van der Waals surface area contributed by atoms with Crippen molar-refractivity contribution in [2.75, 3.05) is 0 Å². The molecule has 0 saturated heterocycles. The highest BCUT2D eigenvalue weighted by Gasteiger charge is 2.13. The summed E-state index contributed by atoms with van der Waals surface area (Å²) in [5.74, 6) is -0.245. The number of aliphatic carboxylic acids is 1. The topological polar surface area (TPSA) is 63.3 Å². The third-order valence-electron chi connectivity index (χ3n) is 1.73. The number of aryl methyl sites for hydroxylation is 2. The summed E-state index contributed by atoms with van der Waals surface area (Å²) >= 11 is 0. The second-order valence-corrected chi connectivity index (χ2v) is 2.59. The molecule has 0 amide bonds. The van der Waals surface area contributed by atoms with Crippen molar-refractivity contribution in [3.05, 3.63) is 17.0 Å². The number of carboxylic acid groups (broad SMARTS) is 1. The van der Waals surface area contributed by atoms with E-state index in [0.29, 0.717) is 17.7 Å². The normalized spacial score (nSPS) is 10.2. The Bertz CT molecular complexity index is 290. The number of carbonyl (C=O) groups is 1. The number of nitrogens with zero attached hydrogens (tertiary/aromatic N) is 1. The maximum Gasteiger partial charge on any atom is 0.308 e. The molecule has 1 aromatic heterocycles. The number of rotatable bonds is 3. The third-order valence-corrected chi connectivity index (χ3v) is 1.73. The molecule has 12 heavy (non-hydrogen) atoms. The van der Waals surface area contributed by atoms with Gasteiger partial charge in [0.05, 0.1) is 12.1 Å². The van der Waals surface area contributed by atoms with Gasteiger partial charge in [-0.15, -0.1) is 0 Å². The van der Waals surface area contributed by atoms with Crippen LogP contribution in [0, 0.1) is 6.92 Å². The van der Waals surface area contributed by atoms with Crippen molar-refractivity contribution < 1.29 is 14.4 Å². The van der Waals surface area contributed by atoms with E-state index < -0.39 is 5.97 Å². The zero-order chi connectivity index (χ0) is 9.14. The van der Waals surface area contributed by atoms with Crippen LogP contribution in [0.15, 0.2) is 4.52 Å². The molecule has 0 aliphatic rings. The van der Waals surface area contributed by atoms with Crippen LogP contribution < -0.4 is 0 Å². The van der Waals surface area contributed by atoms with Crippen LogP contribution >= 0.6 is 0 Å². The molecule has 0 atom stereocenters. The summed E-state index contributed by atoms with van der Waals surface area (Å²) in [5.41, 5.74) is 1.46. The van der Waals surface area contributed by atoms with Gasteiger partial charge in [-0.05, 0) is 13.3 Å². The fourth-order valence-electron chi connectivity index (χ4n) is 1.09. The van der Waals surface area contributed by atoms with Gasteiger partial charge in [0.15, 0.2) is 0 Å². The van der Waals surface area contributed by atoms with E-state index in [2.05, 4.69) is 5.16 Å². The van der Waals surface area contributed by atoms with Gasteiger partial charge in [-0.3, -0.25) is 4.79 Å². The lowest BCUT2D eigenvalue weighted by Crippen LogP contribution is -2.02. The molecule has 1 aromatic rings. The molecule has 0 aromatic carbocycles. The van der Waals surface area contributed by atoms with E-state index in [1.54, 1.807) is 6.92 Å². The zero-order valence-corrected chi connectivity index (χ0v) is 7.13. The minimum absolute atomic E-state index is 0.00148. The number of aromatic nitrogens is 1. The molecule has 0 aliphatic carbocycles. The molecule has 1 N–H and O–H groups in total. The minimum atomic E-state index is -0.851. The average Bonchev–Trinajstić information content (AvgIpc) is 2.32. The van der Waals surface area contributed by atoms with Crippen LogP contribution in [0.1, 0.15) is 23.9 Å². The summed E-state index contributed by atoms with van der Waals surface area (Å²) in [6, 6.07) is 0. The van der Waals surface area contributed by atoms with E-state index in [-0.39, 0.29) is 6.42 Å². The molecular formula is C8H11NO3. The van der Waals surface area contributed by atoms with E-state index >= 15 is 0 Å². The minimum Gasteiger partial charge on any atom is -0.481 e. The molecule has 0 fully saturated rings. The van der Waals surface area contributed by atoms with Gasteiger partial charge < -0.3 is 9.63 Å². The molecule has 0 unspecified atom stereocenters. The molecule has 4 heteroatoms. The Morgan fingerprint density at radius 2 is 2.33 bits per heavy atom. The maximum absolute atomic E-state index is 10.4. The maximum atomic E-state index is 10.4. The highest BCUT2D eigenvalue weighted by atomic mass is 16.5. The lowest BCUT2D eigenvalue weighted by molar-refractivity contribution is -0.136. The third kappa shape index (κ3) is 1.64. The summed E-state index contributed by atoms with van der Waals surface area (Å²) in [4.78, 5) is 10.4. The molecule has 0 radical (unpaired) electrons. The molecule has 1 rings (SSSR count). The van der Waals surface area contributed by atoms with E-state index in [1.165, 1.54) is 0 Å². The van der Waals surface area contributed by atoms with Crippen LogP contribution in [0.5, 0.6) is 0 Å². The highest BCUT2D eigenvalue weighted by Crippen LogP contribution is 2.14. The predicted octanol–water partition coefficient (Wildman–Crippen LogP) is 1.17. The Morgan fingerprint density at radius 3 is 2.83 bits per heavy atom. The Balaban J connectivity index is 2.94. The van der Waals surface area contributed by atoms with Crippen molar-refractivity contribution >= 4 is 5.97 Å². The lowest BCUT2D eigenvalue weighted by atomic mass is 10.1. The summed E-state index contributed by atoms with van der Waals surface area (Å²) in [5, 5.41) is 12.3. The zero-order valence-electron chi connectivity index (χ0n) is 7.13. The van der Waals surface area contributed by atoms with Gasteiger partial charge in [-0.1, -0.05) is 12.1 Å². The second-order valence-electron chi connectivity index (χ2n) is 2.59. The monoisotopic (exact) mass is 169 g/mol. The van der Waals surface area contributed by atoms with Gasteiger partial charge in [-0.2, -0.15) is 0 Å². The SMILES string of the molecule is CCc1noc(C)c1CC(=O)O. The molecule has 0 aliphatic heterocycles. The molecule has 4 nitrogen and oxygen atoms in total. The number of carboxylic acids is 1. The molecule has 66 valence electrons. The first-order chi connectivity index (χ1) is 5.65. The van der Waals surface area contributed by atoms with Crippen molar-refractivity contribution in [3.8, 4) is 0 Å². The van der Waals surface area contributed by atoms with Crippen molar-refractivity contribution in [1.29, 1.82) is 0 Å². The number of hydrogen-bond acceptors (Lipinski definition) is 3. The first-order valence-corrected chi connectivity index (χ1v) is 3.81. The number of hydrogen-bond donors (Lipinski definition) is 1. The van der Waals surface area contributed by atoms with Gasteiger partial charge in [0, 0.05) is 5.56 Å². The van der Waals surface area contributed by atoms with Crippen molar-refractivity contribution in [2.24, 2.45) is 0 Å². The first-order valence-electron chi connectivity index (χ1n) is 3.81. The molecule has 0 spiro atoms. The smallest absolute Gasteiger partial charge is 0.308 e. The molecule has 0 saturated carbocycles. The molecule has 1 heterocycles. The highest BCUT2D eigenvalue weighted by molar-refractivity contribution is 5.70. The van der Waals surface area contributed by atoms with Crippen LogP contribution in [0.4, 0.5) is 0 Å². The summed E-state index contributed by atoms with van der Waals surface area (Å²) in [6.45, 7) is 3.65. The van der Waals surface area contributed by atoms with Crippen LogP contribution in [0.2, 0.25) is 0 Å². The van der Waals surface area contributed by atoms with E-state index in [0.717, 1.165) is 5.69 Å². The van der Waals surface area contributed by atoms with Crippen molar-refractivity contribution in [3.63, 3.8) is 0 Å². The quantitative estimate of drug-likeness (QED) is 0.737. The van der Waals surface area contributed by atoms with Crippen molar-refractivity contribution in [1.82, 2.24) is 5.16 Å². The van der Waals surface area contributed by atoms with Gasteiger partial charge >= 0.3 is 5.97 Å². The predicted molar refractivity (Wildman–Crippen MR) is 42.0 cm³/mol. The summed E-state index contributed by atoms with van der Waals surface area (Å²) in [7, 11) is 0. The molecule has 0 bridgehead atoms. The lowest BCUT2D eigenvalue weighted by Gasteiger charge is -1.94. The fraction of sp³-hybridized carbons (Fsp3) is 0.500. The van der Waals surface area contributed by atoms with Crippen LogP contribution in [0.25, 0.3) is 0 Å². The van der Waals surface area contributed by atoms with Gasteiger partial charge in [-0.25, -0.2) is 0 Å². The van der Waals surface area contributed by atoms with Crippen LogP contribution in [-0.4, -0.2) is 16.2 Å². The standard InChI is InChI=1S/C8H11NO3/c1-3-7-6(4-8(10)11)5(2)12-9-7/h3-4H2,1-2H3,(H,10,11). The van der Waals surface area contributed by atoms with Crippen LogP contribution in [0.3, 0.4) is 0 Å². The van der Waals surface area contributed by atoms with Gasteiger partial charge in [0.1, 0.15) is 5.76 Å². The summed E-state index contributed by atoms with van der Waals surface area (Å²) in [6.07, 6.45) is 0.707. The Hall–Kier alpha value is -1.32. The first kappa shape index (κ1) is 8.77.